The Bertz CT molecular complexity index is 766. The summed E-state index contributed by atoms with van der Waals surface area (Å²) in [5.74, 6) is -2.25. The third kappa shape index (κ3) is 7.20. The van der Waals surface area contributed by atoms with E-state index in [9.17, 15) is 56.2 Å². The van der Waals surface area contributed by atoms with Crippen molar-refractivity contribution in [1.82, 2.24) is 0 Å². The smallest absolute Gasteiger partial charge is 0.192 e. The number of ether oxygens (including phenoxy) is 5. The first-order valence-electron chi connectivity index (χ1n) is 12.3. The molecule has 18 nitrogen and oxygen atoms in total. The third-order valence-electron chi connectivity index (χ3n) is 7.03. The van der Waals surface area contributed by atoms with Crippen molar-refractivity contribution < 1.29 is 85.0 Å². The first-order chi connectivity index (χ1) is 18.2. The fourth-order valence-electron chi connectivity index (χ4n) is 4.67. The maximum absolute atomic E-state index is 10.8. The van der Waals surface area contributed by atoms with Gasteiger partial charge in [-0.25, -0.2) is 0 Å². The number of nitrogens with two attached hydrogens (primary N) is 1. The third-order valence-corrected chi connectivity index (χ3v) is 7.03. The fraction of sp³-hybridized carbons (Fsp3) is 1.00. The summed E-state index contributed by atoms with van der Waals surface area (Å²) in [6.45, 7) is -2.89. The van der Waals surface area contributed by atoms with Crippen molar-refractivity contribution in [3.63, 3.8) is 0 Å². The van der Waals surface area contributed by atoms with Crippen molar-refractivity contribution in [2.75, 3.05) is 26.4 Å². The van der Waals surface area contributed by atoms with Crippen LogP contribution in [0.2, 0.25) is 0 Å². The van der Waals surface area contributed by atoms with Gasteiger partial charge in [0.15, 0.2) is 18.4 Å². The van der Waals surface area contributed by atoms with Gasteiger partial charge in [-0.2, -0.15) is 0 Å². The van der Waals surface area contributed by atoms with Crippen LogP contribution in [-0.2, 0) is 23.7 Å². The van der Waals surface area contributed by atoms with Gasteiger partial charge in [0.05, 0.1) is 32.0 Å². The summed E-state index contributed by atoms with van der Waals surface area (Å²) in [7, 11) is 0. The summed E-state index contributed by atoms with van der Waals surface area (Å²) in [6.07, 6.45) is -23.9. The quantitative estimate of drug-likeness (QED) is 0.115. The van der Waals surface area contributed by atoms with Crippen LogP contribution in [0.15, 0.2) is 0 Å². The Hall–Kier alpha value is -0.720. The van der Waals surface area contributed by atoms with Gasteiger partial charge < -0.3 is 90.7 Å². The lowest BCUT2D eigenvalue weighted by atomic mass is 9.89. The Morgan fingerprint density at radius 3 is 2.15 bits per heavy atom. The molecule has 3 heterocycles. The van der Waals surface area contributed by atoms with Crippen molar-refractivity contribution >= 4 is 0 Å². The van der Waals surface area contributed by atoms with Gasteiger partial charge in [-0.05, 0) is 0 Å². The zero-order valence-corrected chi connectivity index (χ0v) is 20.7. The van der Waals surface area contributed by atoms with E-state index in [1.165, 1.54) is 0 Å². The van der Waals surface area contributed by atoms with Crippen LogP contribution in [0.5, 0.6) is 0 Å². The highest BCUT2D eigenvalue weighted by molar-refractivity contribution is 4.97. The molecule has 0 spiro atoms. The zero-order valence-electron chi connectivity index (χ0n) is 20.7. The second kappa shape index (κ2) is 13.5. The molecule has 0 aromatic rings. The number of aliphatic hydroxyl groups is 12. The van der Waals surface area contributed by atoms with E-state index >= 15 is 0 Å². The normalized spacial score (nSPS) is 49.0. The summed E-state index contributed by atoms with van der Waals surface area (Å²) in [6, 6.07) is -1.24. The molecule has 0 unspecified atom stereocenters. The largest absolute Gasteiger partial charge is 0.394 e. The maximum atomic E-state index is 10.8. The highest BCUT2D eigenvalue weighted by Crippen LogP contribution is 2.31. The topological polar surface area (TPSA) is 315 Å². The average Bonchev–Trinajstić information content (AvgIpc) is 2.90. The molecule has 0 aromatic carbocycles. The van der Waals surface area contributed by atoms with E-state index in [0.29, 0.717) is 0 Å². The minimum Gasteiger partial charge on any atom is -0.394 e. The van der Waals surface area contributed by atoms with Gasteiger partial charge in [-0.1, -0.05) is 0 Å². The van der Waals surface area contributed by atoms with Gasteiger partial charge in [0.1, 0.15) is 73.8 Å². The highest BCUT2D eigenvalue weighted by atomic mass is 16.7. The van der Waals surface area contributed by atoms with Crippen LogP contribution in [0.4, 0.5) is 0 Å². The van der Waals surface area contributed by atoms with Gasteiger partial charge in [-0.3, -0.25) is 0 Å². The van der Waals surface area contributed by atoms with E-state index in [4.69, 9.17) is 34.5 Å². The van der Waals surface area contributed by atoms with Gasteiger partial charge in [0.25, 0.3) is 0 Å². The SMILES string of the molecule is N[C@H]1[C@H]([C@H](O)[C@H](O)CO)O[C@](O)(COC[C@H]2O[C@@H](O[C@H]3[C@H](O)[C@@H](O)[C@@H](O)O[C@@H]3CO)[C@H](O)[C@@H](O)[C@H]2O)C[C@@H]1O. The molecule has 16 atom stereocenters. The van der Waals surface area contributed by atoms with Crippen molar-refractivity contribution in [2.24, 2.45) is 5.73 Å². The van der Waals surface area contributed by atoms with E-state index in [1.54, 1.807) is 0 Å². The van der Waals surface area contributed by atoms with Crippen LogP contribution in [0.1, 0.15) is 6.42 Å². The van der Waals surface area contributed by atoms with Crippen LogP contribution >= 0.6 is 0 Å². The molecule has 3 aliphatic heterocycles. The monoisotopic (exact) mass is 577 g/mol. The highest BCUT2D eigenvalue weighted by Gasteiger charge is 2.51. The van der Waals surface area contributed by atoms with Gasteiger partial charge >= 0.3 is 0 Å². The summed E-state index contributed by atoms with van der Waals surface area (Å²) >= 11 is 0. The zero-order chi connectivity index (χ0) is 29.2. The summed E-state index contributed by atoms with van der Waals surface area (Å²) in [4.78, 5) is 0. The Balaban J connectivity index is 1.63. The molecule has 3 saturated heterocycles. The molecule has 230 valence electrons. The summed E-state index contributed by atoms with van der Waals surface area (Å²) in [5, 5.41) is 120. The predicted molar refractivity (Wildman–Crippen MR) is 120 cm³/mol. The molecule has 3 fully saturated rings. The number of hydrogen-bond donors (Lipinski definition) is 13. The van der Waals surface area contributed by atoms with Crippen LogP contribution in [-0.4, -0.2) is 185 Å². The van der Waals surface area contributed by atoms with Gasteiger partial charge in [-0.15, -0.1) is 0 Å². The molecule has 18 heteroatoms. The molecule has 0 aliphatic carbocycles. The Morgan fingerprint density at radius 1 is 0.872 bits per heavy atom. The molecule has 3 rings (SSSR count). The molecular formula is C21H39NO17. The van der Waals surface area contributed by atoms with Crippen LogP contribution in [0.3, 0.4) is 0 Å². The lowest BCUT2D eigenvalue weighted by molar-refractivity contribution is -0.358. The van der Waals surface area contributed by atoms with Gasteiger partial charge in [0, 0.05) is 6.42 Å². The fourth-order valence-corrected chi connectivity index (χ4v) is 4.67. The lowest BCUT2D eigenvalue weighted by Gasteiger charge is -2.46. The summed E-state index contributed by atoms with van der Waals surface area (Å²) in [5.41, 5.74) is 5.80. The second-order valence-corrected chi connectivity index (χ2v) is 9.98. The van der Waals surface area contributed by atoms with E-state index in [1.807, 2.05) is 0 Å². The molecule has 0 bridgehead atoms. The molecule has 0 saturated carbocycles. The minimum absolute atomic E-state index is 0.482. The predicted octanol–water partition coefficient (Wildman–Crippen LogP) is -8.49. The van der Waals surface area contributed by atoms with E-state index in [0.717, 1.165) is 0 Å². The minimum atomic E-state index is -2.25. The molecule has 14 N–H and O–H groups in total. The van der Waals surface area contributed by atoms with Crippen molar-refractivity contribution in [2.45, 2.75) is 104 Å². The molecule has 0 radical (unpaired) electrons. The average molecular weight is 578 g/mol. The Morgan fingerprint density at radius 2 is 1.54 bits per heavy atom. The number of rotatable bonds is 10. The van der Waals surface area contributed by atoms with Crippen LogP contribution in [0, 0.1) is 0 Å². The molecule has 0 aromatic heterocycles. The second-order valence-electron chi connectivity index (χ2n) is 9.98. The Kier molecular flexibility index (Phi) is 11.4. The van der Waals surface area contributed by atoms with Crippen molar-refractivity contribution in [3.05, 3.63) is 0 Å². The molecular weight excluding hydrogens is 538 g/mol. The van der Waals surface area contributed by atoms with Crippen molar-refractivity contribution in [3.8, 4) is 0 Å². The maximum Gasteiger partial charge on any atom is 0.192 e. The van der Waals surface area contributed by atoms with Crippen LogP contribution in [0.25, 0.3) is 0 Å². The van der Waals surface area contributed by atoms with E-state index in [2.05, 4.69) is 0 Å². The molecule has 3 aliphatic rings. The lowest BCUT2D eigenvalue weighted by Crippen LogP contribution is -2.65. The summed E-state index contributed by atoms with van der Waals surface area (Å²) < 4.78 is 26.6. The standard InChI is InChI=1S/C21H39NO17/c22-10-6(25)1-21(34,39-18(10)11(27)7(26)2-23)5-35-4-9-12(28)13(29)16(32)20(37-9)38-17-8(3-24)36-19(33)15(31)14(17)30/h6-20,23-34H,1-5,22H2/t6-,7+,8+,9+,10+,11+,12-,13-,14+,15+,16+,17+,18+,19-,20-,21-/m0/s1. The van der Waals surface area contributed by atoms with E-state index < -0.39 is 131 Å². The van der Waals surface area contributed by atoms with Crippen molar-refractivity contribution in [1.29, 1.82) is 0 Å². The number of aliphatic hydroxyl groups excluding tert-OH is 11. The first kappa shape index (κ1) is 32.8. The van der Waals surface area contributed by atoms with E-state index in [-0.39, 0.29) is 0 Å². The number of hydrogen-bond acceptors (Lipinski definition) is 18. The van der Waals surface area contributed by atoms with Gasteiger partial charge in [0.2, 0.25) is 0 Å². The van der Waals surface area contributed by atoms with Crippen LogP contribution < -0.4 is 5.73 Å². The molecule has 0 amide bonds. The first-order valence-corrected chi connectivity index (χ1v) is 12.3. The molecule has 39 heavy (non-hydrogen) atoms. The Labute approximate surface area is 221 Å².